The average Bonchev–Trinajstić information content (AvgIpc) is 2.83. The molecule has 2 heterocycles. The number of benzene rings is 1. The maximum atomic E-state index is 4.69. The van der Waals surface area contributed by atoms with Crippen molar-refractivity contribution in [3.8, 4) is 11.4 Å². The zero-order chi connectivity index (χ0) is 13.1. The second-order valence-electron chi connectivity index (χ2n) is 5.26. The molecule has 1 fully saturated rings. The van der Waals surface area contributed by atoms with E-state index < -0.39 is 0 Å². The van der Waals surface area contributed by atoms with Crippen LogP contribution >= 0.6 is 0 Å². The van der Waals surface area contributed by atoms with E-state index in [1.807, 2.05) is 30.3 Å². The lowest BCUT2D eigenvalue weighted by Gasteiger charge is -2.23. The number of nitrogens with zero attached hydrogens (tertiary/aromatic N) is 3. The predicted octanol–water partition coefficient (Wildman–Crippen LogP) is 3.02. The zero-order valence-corrected chi connectivity index (χ0v) is 11.3. The van der Waals surface area contributed by atoms with Gasteiger partial charge in [-0.1, -0.05) is 43.2 Å². The number of aromatic nitrogens is 3. The minimum absolute atomic E-state index is 0.382. The van der Waals surface area contributed by atoms with Gasteiger partial charge >= 0.3 is 0 Å². The third-order valence-corrected chi connectivity index (χ3v) is 3.87. The highest BCUT2D eigenvalue weighted by Gasteiger charge is 2.22. The second-order valence-corrected chi connectivity index (χ2v) is 5.26. The third kappa shape index (κ3) is 2.68. The molecule has 1 aliphatic rings. The van der Waals surface area contributed by atoms with Crippen LogP contribution in [0.2, 0.25) is 0 Å². The van der Waals surface area contributed by atoms with Crippen LogP contribution in [0.4, 0.5) is 0 Å². The Hall–Kier alpha value is -1.68. The molecule has 100 valence electrons. The van der Waals surface area contributed by atoms with Crippen LogP contribution in [-0.4, -0.2) is 33.7 Å². The molecule has 1 N–H and O–H groups in total. The van der Waals surface area contributed by atoms with E-state index in [-0.39, 0.29) is 0 Å². The molecule has 0 bridgehead atoms. The first-order chi connectivity index (χ1) is 9.34. The number of hydrogen-bond acceptors (Lipinski definition) is 3. The summed E-state index contributed by atoms with van der Waals surface area (Å²) in [6.45, 7) is 1.14. The van der Waals surface area contributed by atoms with Gasteiger partial charge < -0.3 is 0 Å². The number of rotatable bonds is 2. The van der Waals surface area contributed by atoms with Crippen molar-refractivity contribution in [2.24, 2.45) is 0 Å². The van der Waals surface area contributed by atoms with Crippen molar-refractivity contribution in [3.63, 3.8) is 0 Å². The van der Waals surface area contributed by atoms with Crippen LogP contribution in [0.3, 0.4) is 0 Å². The van der Waals surface area contributed by atoms with E-state index in [2.05, 4.69) is 27.1 Å². The molecule has 1 saturated heterocycles. The molecule has 0 aliphatic carbocycles. The highest BCUT2D eigenvalue weighted by atomic mass is 15.3. The summed E-state index contributed by atoms with van der Waals surface area (Å²) < 4.78 is 0. The fraction of sp³-hybridized carbons (Fsp3) is 0.467. The Morgan fingerprint density at radius 3 is 2.84 bits per heavy atom. The molecule has 0 unspecified atom stereocenters. The Bertz CT molecular complexity index is 520. The molecule has 1 atom stereocenters. The minimum Gasteiger partial charge on any atom is -0.297 e. The van der Waals surface area contributed by atoms with Crippen molar-refractivity contribution in [3.05, 3.63) is 36.2 Å². The first kappa shape index (κ1) is 12.4. The summed E-state index contributed by atoms with van der Waals surface area (Å²) in [5, 5.41) is 7.49. The fourth-order valence-corrected chi connectivity index (χ4v) is 2.74. The molecule has 3 rings (SSSR count). The first-order valence-electron chi connectivity index (χ1n) is 7.02. The molecule has 1 aliphatic heterocycles. The highest BCUT2D eigenvalue weighted by Crippen LogP contribution is 2.27. The Morgan fingerprint density at radius 1 is 1.16 bits per heavy atom. The third-order valence-electron chi connectivity index (χ3n) is 3.87. The molecule has 4 heteroatoms. The molecule has 4 nitrogen and oxygen atoms in total. The largest absolute Gasteiger partial charge is 0.297 e. The van der Waals surface area contributed by atoms with Crippen molar-refractivity contribution in [2.75, 3.05) is 13.6 Å². The van der Waals surface area contributed by atoms with Gasteiger partial charge in [0.05, 0.1) is 6.04 Å². The van der Waals surface area contributed by atoms with Gasteiger partial charge in [-0.25, -0.2) is 4.98 Å². The minimum atomic E-state index is 0.382. The van der Waals surface area contributed by atoms with E-state index in [9.17, 15) is 0 Å². The van der Waals surface area contributed by atoms with Crippen LogP contribution in [0, 0.1) is 0 Å². The van der Waals surface area contributed by atoms with Gasteiger partial charge in [0.2, 0.25) is 0 Å². The van der Waals surface area contributed by atoms with Gasteiger partial charge in [0.25, 0.3) is 0 Å². The van der Waals surface area contributed by atoms with E-state index in [0.29, 0.717) is 6.04 Å². The predicted molar refractivity (Wildman–Crippen MR) is 75.7 cm³/mol. The molecule has 0 spiro atoms. The maximum Gasteiger partial charge on any atom is 0.181 e. The van der Waals surface area contributed by atoms with Gasteiger partial charge in [-0.05, 0) is 26.4 Å². The number of nitrogens with one attached hydrogen (secondary N) is 1. The van der Waals surface area contributed by atoms with E-state index in [1.165, 1.54) is 25.7 Å². The normalized spacial score (nSPS) is 21.2. The lowest BCUT2D eigenvalue weighted by molar-refractivity contribution is 0.241. The quantitative estimate of drug-likeness (QED) is 0.898. The van der Waals surface area contributed by atoms with Crippen LogP contribution in [0.15, 0.2) is 30.3 Å². The average molecular weight is 256 g/mol. The smallest absolute Gasteiger partial charge is 0.181 e. The van der Waals surface area contributed by atoms with E-state index in [1.54, 1.807) is 0 Å². The summed E-state index contributed by atoms with van der Waals surface area (Å²) in [7, 11) is 2.18. The van der Waals surface area contributed by atoms with Gasteiger partial charge in [0.15, 0.2) is 5.82 Å². The van der Waals surface area contributed by atoms with Crippen LogP contribution in [0.25, 0.3) is 11.4 Å². The summed E-state index contributed by atoms with van der Waals surface area (Å²) in [6, 6.07) is 10.5. The topological polar surface area (TPSA) is 44.8 Å². The molecule has 0 saturated carbocycles. The molecule has 1 aromatic carbocycles. The van der Waals surface area contributed by atoms with Gasteiger partial charge in [-0.3, -0.25) is 10.00 Å². The van der Waals surface area contributed by atoms with Crippen LogP contribution < -0.4 is 0 Å². The van der Waals surface area contributed by atoms with Crippen molar-refractivity contribution in [1.82, 2.24) is 20.1 Å². The number of H-pyrrole nitrogens is 1. The maximum absolute atomic E-state index is 4.69. The van der Waals surface area contributed by atoms with Crippen LogP contribution in [0.1, 0.15) is 37.5 Å². The molecular weight excluding hydrogens is 236 g/mol. The van der Waals surface area contributed by atoms with Crippen LogP contribution in [0.5, 0.6) is 0 Å². The summed E-state index contributed by atoms with van der Waals surface area (Å²) in [4.78, 5) is 7.08. The lowest BCUT2D eigenvalue weighted by atomic mass is 10.1. The molecule has 2 aromatic rings. The number of aromatic amines is 1. The highest BCUT2D eigenvalue weighted by molar-refractivity contribution is 5.53. The first-order valence-corrected chi connectivity index (χ1v) is 7.02. The van der Waals surface area contributed by atoms with Gasteiger partial charge in [0.1, 0.15) is 5.82 Å². The van der Waals surface area contributed by atoms with E-state index in [4.69, 9.17) is 0 Å². The van der Waals surface area contributed by atoms with Crippen molar-refractivity contribution >= 4 is 0 Å². The number of likely N-dealkylation sites (tertiary alicyclic amines) is 1. The summed E-state index contributed by atoms with van der Waals surface area (Å²) in [5.41, 5.74) is 1.07. The van der Waals surface area contributed by atoms with Crippen molar-refractivity contribution in [1.29, 1.82) is 0 Å². The zero-order valence-electron chi connectivity index (χ0n) is 11.3. The number of hydrogen-bond donors (Lipinski definition) is 1. The fourth-order valence-electron chi connectivity index (χ4n) is 2.74. The SMILES string of the molecule is CN1CCCCC[C@H]1c1nc(-c2ccccc2)n[nH]1. The molecule has 1 aromatic heterocycles. The Kier molecular flexibility index (Phi) is 3.60. The van der Waals surface area contributed by atoms with Crippen molar-refractivity contribution < 1.29 is 0 Å². The monoisotopic (exact) mass is 256 g/mol. The van der Waals surface area contributed by atoms with E-state index in [0.717, 1.165) is 23.8 Å². The summed E-state index contributed by atoms with van der Waals surface area (Å²) in [5.74, 6) is 1.80. The Balaban J connectivity index is 1.84. The summed E-state index contributed by atoms with van der Waals surface area (Å²) in [6.07, 6.45) is 5.05. The molecular formula is C15H20N4. The van der Waals surface area contributed by atoms with Crippen molar-refractivity contribution in [2.45, 2.75) is 31.7 Å². The van der Waals surface area contributed by atoms with Gasteiger partial charge in [-0.2, -0.15) is 5.10 Å². The Morgan fingerprint density at radius 2 is 2.00 bits per heavy atom. The molecule has 0 amide bonds. The molecule has 0 radical (unpaired) electrons. The van der Waals surface area contributed by atoms with Crippen LogP contribution in [-0.2, 0) is 0 Å². The summed E-state index contributed by atoms with van der Waals surface area (Å²) >= 11 is 0. The molecule has 19 heavy (non-hydrogen) atoms. The standard InChI is InChI=1S/C15H20N4/c1-19-11-7-3-6-10-13(19)15-16-14(17-18-15)12-8-4-2-5-9-12/h2,4-5,8-9,13H,3,6-7,10-11H2,1H3,(H,16,17,18)/t13-/m0/s1. The lowest BCUT2D eigenvalue weighted by Crippen LogP contribution is -2.24. The van der Waals surface area contributed by atoms with Gasteiger partial charge in [-0.15, -0.1) is 0 Å². The second kappa shape index (κ2) is 5.53. The van der Waals surface area contributed by atoms with E-state index >= 15 is 0 Å². The van der Waals surface area contributed by atoms with Gasteiger partial charge in [0, 0.05) is 5.56 Å². The Labute approximate surface area is 113 Å².